The molecule has 2 heteroatoms. The number of rotatable bonds is 2. The molecule has 1 aromatic heterocycles. The Bertz CT molecular complexity index is 580. The van der Waals surface area contributed by atoms with Gasteiger partial charge in [0.2, 0.25) is 0 Å². The summed E-state index contributed by atoms with van der Waals surface area (Å²) in [6, 6.07) is 8.08. The number of aromatic nitrogens is 1. The second-order valence-electron chi connectivity index (χ2n) is 5.84. The van der Waals surface area contributed by atoms with Gasteiger partial charge in [0.05, 0.1) is 5.52 Å². The summed E-state index contributed by atoms with van der Waals surface area (Å²) in [4.78, 5) is 2.37. The van der Waals surface area contributed by atoms with Crippen LogP contribution in [-0.4, -0.2) is 29.6 Å². The molecule has 1 fully saturated rings. The molecule has 0 saturated heterocycles. The lowest BCUT2D eigenvalue weighted by Crippen LogP contribution is -2.44. The quantitative estimate of drug-likeness (QED) is 0.782. The second kappa shape index (κ2) is 4.13. The van der Waals surface area contributed by atoms with E-state index in [0.29, 0.717) is 12.1 Å². The fourth-order valence-corrected chi connectivity index (χ4v) is 3.20. The highest BCUT2D eigenvalue weighted by molar-refractivity contribution is 5.84. The first-order valence-electron chi connectivity index (χ1n) is 6.83. The predicted molar refractivity (Wildman–Crippen MR) is 77.2 cm³/mol. The van der Waals surface area contributed by atoms with Gasteiger partial charge >= 0.3 is 0 Å². The van der Waals surface area contributed by atoms with E-state index in [9.17, 15) is 0 Å². The van der Waals surface area contributed by atoms with Crippen LogP contribution in [0.4, 0.5) is 0 Å². The van der Waals surface area contributed by atoms with Crippen molar-refractivity contribution in [2.24, 2.45) is 0 Å². The van der Waals surface area contributed by atoms with E-state index in [2.05, 4.69) is 61.8 Å². The Kier molecular flexibility index (Phi) is 2.70. The molecule has 0 bridgehead atoms. The standard InChI is InChI=1S/C16H22N2/c1-11-5-6-13-9-10-18(16(13)12(11)2)15-8-7-14(15)17(3)4/h5-6,9-10,14-15H,7-8H2,1-4H3. The van der Waals surface area contributed by atoms with Crippen LogP contribution in [-0.2, 0) is 0 Å². The summed E-state index contributed by atoms with van der Waals surface area (Å²) in [5.41, 5.74) is 4.26. The monoisotopic (exact) mass is 242 g/mol. The number of likely N-dealkylation sites (N-methyl/N-ethyl adjacent to an activating group) is 1. The molecule has 0 radical (unpaired) electrons. The summed E-state index contributed by atoms with van der Waals surface area (Å²) in [5, 5.41) is 1.38. The number of benzene rings is 1. The van der Waals surface area contributed by atoms with Gasteiger partial charge in [0.15, 0.2) is 0 Å². The SMILES string of the molecule is Cc1ccc2ccn(C3CCC3N(C)C)c2c1C. The topological polar surface area (TPSA) is 8.17 Å². The Morgan fingerprint density at radius 2 is 1.89 bits per heavy atom. The Morgan fingerprint density at radius 3 is 2.50 bits per heavy atom. The van der Waals surface area contributed by atoms with Gasteiger partial charge in [-0.1, -0.05) is 12.1 Å². The average molecular weight is 242 g/mol. The molecule has 1 aliphatic carbocycles. The zero-order valence-corrected chi connectivity index (χ0v) is 11.8. The molecule has 2 atom stereocenters. The Labute approximate surface area is 109 Å². The molecule has 1 saturated carbocycles. The highest BCUT2D eigenvalue weighted by atomic mass is 15.2. The smallest absolute Gasteiger partial charge is 0.0515 e. The van der Waals surface area contributed by atoms with Crippen molar-refractivity contribution >= 4 is 10.9 Å². The predicted octanol–water partition coefficient (Wildman–Crippen LogP) is 3.52. The molecule has 0 N–H and O–H groups in total. The van der Waals surface area contributed by atoms with Gasteiger partial charge < -0.3 is 9.47 Å². The molecule has 3 rings (SSSR count). The van der Waals surface area contributed by atoms with Crippen molar-refractivity contribution in [1.82, 2.24) is 9.47 Å². The van der Waals surface area contributed by atoms with Crippen LogP contribution in [0.3, 0.4) is 0 Å². The molecule has 2 unspecified atom stereocenters. The van der Waals surface area contributed by atoms with Crippen LogP contribution >= 0.6 is 0 Å². The van der Waals surface area contributed by atoms with Gasteiger partial charge in [-0.05, 0) is 63.4 Å². The van der Waals surface area contributed by atoms with Crippen molar-refractivity contribution in [3.63, 3.8) is 0 Å². The number of nitrogens with zero attached hydrogens (tertiary/aromatic N) is 2. The van der Waals surface area contributed by atoms with E-state index in [1.54, 1.807) is 0 Å². The maximum atomic E-state index is 2.51. The van der Waals surface area contributed by atoms with Gasteiger partial charge in [0.25, 0.3) is 0 Å². The maximum absolute atomic E-state index is 2.51. The Morgan fingerprint density at radius 1 is 1.11 bits per heavy atom. The lowest BCUT2D eigenvalue weighted by molar-refractivity contribution is 0.116. The number of aryl methyl sites for hydroxylation is 2. The van der Waals surface area contributed by atoms with Crippen molar-refractivity contribution in [3.8, 4) is 0 Å². The van der Waals surface area contributed by atoms with Crippen LogP contribution in [0.25, 0.3) is 10.9 Å². The van der Waals surface area contributed by atoms with Crippen LogP contribution < -0.4 is 0 Å². The fraction of sp³-hybridized carbons (Fsp3) is 0.500. The van der Waals surface area contributed by atoms with Gasteiger partial charge in [0, 0.05) is 18.3 Å². The fourth-order valence-electron chi connectivity index (χ4n) is 3.20. The van der Waals surface area contributed by atoms with E-state index in [-0.39, 0.29) is 0 Å². The van der Waals surface area contributed by atoms with E-state index < -0.39 is 0 Å². The van der Waals surface area contributed by atoms with Crippen LogP contribution in [0.1, 0.15) is 30.0 Å². The third-order valence-corrected chi connectivity index (χ3v) is 4.63. The zero-order chi connectivity index (χ0) is 12.9. The highest BCUT2D eigenvalue weighted by Crippen LogP contribution is 2.38. The molecule has 2 aromatic rings. The molecular weight excluding hydrogens is 220 g/mol. The number of hydrogen-bond acceptors (Lipinski definition) is 1. The van der Waals surface area contributed by atoms with Crippen molar-refractivity contribution in [1.29, 1.82) is 0 Å². The number of fused-ring (bicyclic) bond motifs is 1. The zero-order valence-electron chi connectivity index (χ0n) is 11.8. The summed E-state index contributed by atoms with van der Waals surface area (Å²) in [6.07, 6.45) is 4.90. The molecule has 0 amide bonds. The average Bonchev–Trinajstić information content (AvgIpc) is 2.66. The lowest BCUT2D eigenvalue weighted by Gasteiger charge is -2.42. The Hall–Kier alpha value is -1.28. The minimum absolute atomic E-state index is 0.651. The van der Waals surface area contributed by atoms with Gasteiger partial charge in [-0.25, -0.2) is 0 Å². The first-order valence-corrected chi connectivity index (χ1v) is 6.83. The van der Waals surface area contributed by atoms with Crippen molar-refractivity contribution in [2.75, 3.05) is 14.1 Å². The van der Waals surface area contributed by atoms with E-state index >= 15 is 0 Å². The summed E-state index contributed by atoms with van der Waals surface area (Å²) in [6.45, 7) is 4.45. The van der Waals surface area contributed by atoms with Crippen LogP contribution in [0.5, 0.6) is 0 Å². The third-order valence-electron chi connectivity index (χ3n) is 4.63. The molecule has 1 aliphatic rings. The lowest BCUT2D eigenvalue weighted by atomic mass is 9.85. The van der Waals surface area contributed by atoms with Crippen molar-refractivity contribution < 1.29 is 0 Å². The molecule has 96 valence electrons. The maximum Gasteiger partial charge on any atom is 0.0515 e. The first-order chi connectivity index (χ1) is 8.59. The van der Waals surface area contributed by atoms with Gasteiger partial charge in [0.1, 0.15) is 0 Å². The molecule has 1 heterocycles. The summed E-state index contributed by atoms with van der Waals surface area (Å²) in [5.74, 6) is 0. The first kappa shape index (κ1) is 11.8. The minimum Gasteiger partial charge on any atom is -0.343 e. The van der Waals surface area contributed by atoms with Crippen LogP contribution in [0, 0.1) is 13.8 Å². The van der Waals surface area contributed by atoms with Gasteiger partial charge in [-0.15, -0.1) is 0 Å². The molecule has 18 heavy (non-hydrogen) atoms. The minimum atomic E-state index is 0.651. The highest BCUT2D eigenvalue weighted by Gasteiger charge is 2.34. The Balaban J connectivity index is 2.10. The third kappa shape index (κ3) is 1.59. The van der Waals surface area contributed by atoms with Crippen LogP contribution in [0.15, 0.2) is 24.4 Å². The summed E-state index contributed by atoms with van der Waals surface area (Å²) < 4.78 is 2.51. The number of hydrogen-bond donors (Lipinski definition) is 0. The molecule has 2 nitrogen and oxygen atoms in total. The molecule has 1 aromatic carbocycles. The second-order valence-corrected chi connectivity index (χ2v) is 5.84. The molecule has 0 spiro atoms. The van der Waals surface area contributed by atoms with Gasteiger partial charge in [-0.2, -0.15) is 0 Å². The molecule has 0 aliphatic heterocycles. The molecular formula is C16H22N2. The summed E-state index contributed by atoms with van der Waals surface area (Å²) in [7, 11) is 4.39. The van der Waals surface area contributed by atoms with E-state index in [4.69, 9.17) is 0 Å². The van der Waals surface area contributed by atoms with Crippen molar-refractivity contribution in [2.45, 2.75) is 38.8 Å². The normalized spacial score (nSPS) is 23.6. The van der Waals surface area contributed by atoms with Crippen LogP contribution in [0.2, 0.25) is 0 Å². The van der Waals surface area contributed by atoms with E-state index in [1.807, 2.05) is 0 Å². The van der Waals surface area contributed by atoms with Crippen molar-refractivity contribution in [3.05, 3.63) is 35.5 Å². The largest absolute Gasteiger partial charge is 0.343 e. The summed E-state index contributed by atoms with van der Waals surface area (Å²) >= 11 is 0. The van der Waals surface area contributed by atoms with E-state index in [0.717, 1.165) is 0 Å². The van der Waals surface area contributed by atoms with E-state index in [1.165, 1.54) is 34.9 Å². The van der Waals surface area contributed by atoms with Gasteiger partial charge in [-0.3, -0.25) is 0 Å².